The molecule has 0 bridgehead atoms. The van der Waals surface area contributed by atoms with Gasteiger partial charge in [0, 0.05) is 5.56 Å². The molecule has 1 aromatic rings. The molecular formula is C11H11ClO2. The van der Waals surface area contributed by atoms with Crippen molar-refractivity contribution in [2.45, 2.75) is 6.92 Å². The molecule has 0 fully saturated rings. The highest BCUT2D eigenvalue weighted by atomic mass is 35.5. The van der Waals surface area contributed by atoms with Gasteiger partial charge < -0.3 is 4.74 Å². The van der Waals surface area contributed by atoms with Crippen molar-refractivity contribution in [2.24, 2.45) is 0 Å². The summed E-state index contributed by atoms with van der Waals surface area (Å²) in [5, 5.41) is 0.447. The van der Waals surface area contributed by atoms with Crippen molar-refractivity contribution in [3.8, 4) is 5.75 Å². The minimum Gasteiger partial charge on any atom is -0.495 e. The smallest absolute Gasteiger partial charge is 0.185 e. The molecule has 0 N–H and O–H groups in total. The SMILES string of the molecule is C/C=C/C(=O)c1ccc(OC)c(Cl)c1. The molecule has 0 aliphatic carbocycles. The third-order valence-corrected chi connectivity index (χ3v) is 2.05. The lowest BCUT2D eigenvalue weighted by Gasteiger charge is -2.03. The van der Waals surface area contributed by atoms with Crippen LogP contribution >= 0.6 is 11.6 Å². The Labute approximate surface area is 88.1 Å². The highest BCUT2D eigenvalue weighted by Crippen LogP contribution is 2.25. The Morgan fingerprint density at radius 1 is 1.50 bits per heavy atom. The summed E-state index contributed by atoms with van der Waals surface area (Å²) in [5.74, 6) is 0.515. The Bertz CT molecular complexity index is 370. The minimum absolute atomic E-state index is 0.0583. The molecule has 0 radical (unpaired) electrons. The molecule has 74 valence electrons. The molecule has 0 aromatic heterocycles. The number of methoxy groups -OCH3 is 1. The highest BCUT2D eigenvalue weighted by Gasteiger charge is 2.05. The van der Waals surface area contributed by atoms with Gasteiger partial charge in [-0.3, -0.25) is 4.79 Å². The van der Waals surface area contributed by atoms with Crippen LogP contribution in [0.3, 0.4) is 0 Å². The lowest BCUT2D eigenvalue weighted by atomic mass is 10.1. The zero-order chi connectivity index (χ0) is 10.6. The fourth-order valence-electron chi connectivity index (χ4n) is 1.07. The first-order valence-electron chi connectivity index (χ1n) is 4.19. The zero-order valence-electron chi connectivity index (χ0n) is 8.08. The molecule has 0 saturated carbocycles. The van der Waals surface area contributed by atoms with Crippen LogP contribution in [0.5, 0.6) is 5.75 Å². The van der Waals surface area contributed by atoms with Gasteiger partial charge in [-0.15, -0.1) is 0 Å². The van der Waals surface area contributed by atoms with Crippen LogP contribution in [0.15, 0.2) is 30.4 Å². The molecule has 1 rings (SSSR count). The van der Waals surface area contributed by atoms with Gasteiger partial charge in [0.15, 0.2) is 5.78 Å². The number of hydrogen-bond donors (Lipinski definition) is 0. The standard InChI is InChI=1S/C11H11ClO2/c1-3-4-10(13)8-5-6-11(14-2)9(12)7-8/h3-7H,1-2H3/b4-3+. The predicted molar refractivity (Wildman–Crippen MR) is 57.1 cm³/mol. The largest absolute Gasteiger partial charge is 0.495 e. The summed E-state index contributed by atoms with van der Waals surface area (Å²) in [4.78, 5) is 11.4. The van der Waals surface area contributed by atoms with Gasteiger partial charge >= 0.3 is 0 Å². The summed E-state index contributed by atoms with van der Waals surface area (Å²) in [6.45, 7) is 1.79. The van der Waals surface area contributed by atoms with E-state index in [9.17, 15) is 4.79 Å². The number of allylic oxidation sites excluding steroid dienone is 2. The first kappa shape index (κ1) is 10.8. The summed E-state index contributed by atoms with van der Waals surface area (Å²) in [5.41, 5.74) is 0.564. The van der Waals surface area contributed by atoms with E-state index in [1.165, 1.54) is 13.2 Å². The van der Waals surface area contributed by atoms with Crippen molar-refractivity contribution in [3.63, 3.8) is 0 Å². The van der Waals surface area contributed by atoms with Crippen LogP contribution in [0.4, 0.5) is 0 Å². The highest BCUT2D eigenvalue weighted by molar-refractivity contribution is 6.32. The summed E-state index contributed by atoms with van der Waals surface area (Å²) < 4.78 is 4.98. The Morgan fingerprint density at radius 3 is 2.71 bits per heavy atom. The van der Waals surface area contributed by atoms with Gasteiger partial charge in [0.05, 0.1) is 12.1 Å². The van der Waals surface area contributed by atoms with E-state index in [4.69, 9.17) is 16.3 Å². The second-order valence-electron chi connectivity index (χ2n) is 2.71. The van der Waals surface area contributed by atoms with Crippen LogP contribution in [0.2, 0.25) is 5.02 Å². The number of ketones is 1. The maximum absolute atomic E-state index is 11.4. The number of benzene rings is 1. The molecule has 0 heterocycles. The number of halogens is 1. The molecule has 0 aliphatic rings. The van der Waals surface area contributed by atoms with E-state index in [1.807, 2.05) is 0 Å². The molecule has 1 aromatic carbocycles. The lowest BCUT2D eigenvalue weighted by Crippen LogP contribution is -1.94. The van der Waals surface area contributed by atoms with Crippen molar-refractivity contribution in [2.75, 3.05) is 7.11 Å². The van der Waals surface area contributed by atoms with Gasteiger partial charge in [-0.2, -0.15) is 0 Å². The second kappa shape index (κ2) is 4.82. The number of carbonyl (C=O) groups is 1. The van der Waals surface area contributed by atoms with E-state index < -0.39 is 0 Å². The molecule has 2 nitrogen and oxygen atoms in total. The van der Waals surface area contributed by atoms with Crippen molar-refractivity contribution < 1.29 is 9.53 Å². The molecule has 0 spiro atoms. The van der Waals surface area contributed by atoms with Crippen molar-refractivity contribution in [1.82, 2.24) is 0 Å². The molecular weight excluding hydrogens is 200 g/mol. The predicted octanol–water partition coefficient (Wildman–Crippen LogP) is 3.11. The third kappa shape index (κ3) is 2.36. The summed E-state index contributed by atoms with van der Waals surface area (Å²) in [6, 6.07) is 4.97. The fraction of sp³-hybridized carbons (Fsp3) is 0.182. The molecule has 0 saturated heterocycles. The van der Waals surface area contributed by atoms with Crippen LogP contribution in [0.25, 0.3) is 0 Å². The maximum atomic E-state index is 11.4. The first-order valence-corrected chi connectivity index (χ1v) is 4.57. The number of rotatable bonds is 3. The van der Waals surface area contributed by atoms with E-state index in [2.05, 4.69) is 0 Å². The van der Waals surface area contributed by atoms with Crippen molar-refractivity contribution in [3.05, 3.63) is 40.9 Å². The topological polar surface area (TPSA) is 26.3 Å². The Balaban J connectivity index is 3.02. The lowest BCUT2D eigenvalue weighted by molar-refractivity contribution is 0.104. The average molecular weight is 211 g/mol. The van der Waals surface area contributed by atoms with E-state index in [-0.39, 0.29) is 5.78 Å². The van der Waals surface area contributed by atoms with Crippen LogP contribution in [0, 0.1) is 0 Å². The monoisotopic (exact) mass is 210 g/mol. The van der Waals surface area contributed by atoms with E-state index in [1.54, 1.807) is 31.2 Å². The molecule has 0 aliphatic heterocycles. The van der Waals surface area contributed by atoms with Crippen LogP contribution in [0.1, 0.15) is 17.3 Å². The molecule has 14 heavy (non-hydrogen) atoms. The van der Waals surface area contributed by atoms with Gasteiger partial charge in [0.1, 0.15) is 5.75 Å². The van der Waals surface area contributed by atoms with Crippen LogP contribution in [-0.2, 0) is 0 Å². The van der Waals surface area contributed by atoms with Crippen molar-refractivity contribution in [1.29, 1.82) is 0 Å². The summed E-state index contributed by atoms with van der Waals surface area (Å²) >= 11 is 5.87. The van der Waals surface area contributed by atoms with Crippen molar-refractivity contribution >= 4 is 17.4 Å². The molecule has 0 amide bonds. The Kier molecular flexibility index (Phi) is 3.72. The van der Waals surface area contributed by atoms with Gasteiger partial charge in [-0.1, -0.05) is 17.7 Å². The normalized spacial score (nSPS) is 10.5. The molecule has 3 heteroatoms. The van der Waals surface area contributed by atoms with Gasteiger partial charge in [-0.05, 0) is 31.2 Å². The second-order valence-corrected chi connectivity index (χ2v) is 3.12. The molecule has 0 unspecified atom stereocenters. The van der Waals surface area contributed by atoms with E-state index in [0.29, 0.717) is 16.3 Å². The summed E-state index contributed by atoms with van der Waals surface area (Å²) in [7, 11) is 1.54. The third-order valence-electron chi connectivity index (χ3n) is 1.75. The van der Waals surface area contributed by atoms with E-state index in [0.717, 1.165) is 0 Å². The van der Waals surface area contributed by atoms with Gasteiger partial charge in [0.2, 0.25) is 0 Å². The van der Waals surface area contributed by atoms with Gasteiger partial charge in [0.25, 0.3) is 0 Å². The van der Waals surface area contributed by atoms with Crippen LogP contribution < -0.4 is 4.74 Å². The van der Waals surface area contributed by atoms with Gasteiger partial charge in [-0.25, -0.2) is 0 Å². The Hall–Kier alpha value is -1.28. The van der Waals surface area contributed by atoms with Crippen LogP contribution in [-0.4, -0.2) is 12.9 Å². The quantitative estimate of drug-likeness (QED) is 0.566. The number of hydrogen-bond acceptors (Lipinski definition) is 2. The van der Waals surface area contributed by atoms with E-state index >= 15 is 0 Å². The number of ether oxygens (including phenoxy) is 1. The average Bonchev–Trinajstić information content (AvgIpc) is 2.18. The first-order chi connectivity index (χ1) is 6.69. The summed E-state index contributed by atoms with van der Waals surface area (Å²) in [6.07, 6.45) is 3.19. The maximum Gasteiger partial charge on any atom is 0.185 e. The fourth-order valence-corrected chi connectivity index (χ4v) is 1.32. The zero-order valence-corrected chi connectivity index (χ0v) is 8.84. The molecule has 0 atom stereocenters. The Morgan fingerprint density at radius 2 is 2.21 bits per heavy atom. The number of carbonyl (C=O) groups excluding carboxylic acids is 1. The minimum atomic E-state index is -0.0583.